The van der Waals surface area contributed by atoms with Crippen LogP contribution in [0.3, 0.4) is 0 Å². The average molecular weight is 541 g/mol. The summed E-state index contributed by atoms with van der Waals surface area (Å²) in [5, 5.41) is 24.8. The largest absolute Gasteiger partial charge is 0.272 e. The second-order valence-corrected chi connectivity index (χ2v) is 9.31. The van der Waals surface area contributed by atoms with E-state index in [4.69, 9.17) is 23.2 Å². The maximum Gasteiger partial charge on any atom is 0.270 e. The lowest BCUT2D eigenvalue weighted by molar-refractivity contribution is -0.384. The highest BCUT2D eigenvalue weighted by atomic mass is 35.5. The minimum absolute atomic E-state index is 0.000367. The van der Waals surface area contributed by atoms with Gasteiger partial charge in [-0.25, -0.2) is 5.43 Å². The number of carbonyl (C=O) groups is 1. The fourth-order valence-electron chi connectivity index (χ4n) is 3.16. The lowest BCUT2D eigenvalue weighted by Gasteiger charge is -2.10. The van der Waals surface area contributed by atoms with Crippen molar-refractivity contribution in [2.24, 2.45) is 5.10 Å². The van der Waals surface area contributed by atoms with Crippen molar-refractivity contribution in [1.29, 1.82) is 0 Å². The zero-order valence-corrected chi connectivity index (χ0v) is 21.1. The summed E-state index contributed by atoms with van der Waals surface area (Å²) in [5.41, 5.74) is 5.36. The highest BCUT2D eigenvalue weighted by molar-refractivity contribution is 7.99. The van der Waals surface area contributed by atoms with Gasteiger partial charge in [-0.05, 0) is 37.3 Å². The number of carbonyl (C=O) groups excluding carboxylic acids is 1. The number of halogens is 2. The molecule has 0 bridgehead atoms. The van der Waals surface area contributed by atoms with Crippen LogP contribution < -0.4 is 5.43 Å². The Morgan fingerprint density at radius 2 is 1.83 bits per heavy atom. The molecular formula is C24H18Cl2N6O3S. The molecule has 0 radical (unpaired) electrons. The fraction of sp³-hybridized carbons (Fsp3) is 0.0833. The summed E-state index contributed by atoms with van der Waals surface area (Å²) >= 11 is 13.3. The number of rotatable bonds is 8. The van der Waals surface area contributed by atoms with E-state index in [1.807, 2.05) is 47.9 Å². The van der Waals surface area contributed by atoms with E-state index < -0.39 is 10.8 Å². The molecule has 1 amide bonds. The van der Waals surface area contributed by atoms with Crippen LogP contribution in [0.2, 0.25) is 10.0 Å². The number of hydrogen-bond donors (Lipinski definition) is 1. The van der Waals surface area contributed by atoms with Gasteiger partial charge in [0.25, 0.3) is 11.6 Å². The Morgan fingerprint density at radius 3 is 2.53 bits per heavy atom. The lowest BCUT2D eigenvalue weighted by atomic mass is 10.1. The summed E-state index contributed by atoms with van der Waals surface area (Å²) < 4.78 is 1.85. The van der Waals surface area contributed by atoms with Gasteiger partial charge in [0.2, 0.25) is 0 Å². The topological polar surface area (TPSA) is 115 Å². The number of nitro benzene ring substituents is 1. The highest BCUT2D eigenvalue weighted by Crippen LogP contribution is 2.29. The lowest BCUT2D eigenvalue weighted by Crippen LogP contribution is -2.20. The van der Waals surface area contributed by atoms with Gasteiger partial charge >= 0.3 is 0 Å². The number of thioether (sulfide) groups is 1. The van der Waals surface area contributed by atoms with Gasteiger partial charge in [-0.15, -0.1) is 10.2 Å². The second-order valence-electron chi connectivity index (χ2n) is 7.53. The van der Waals surface area contributed by atoms with Crippen molar-refractivity contribution in [2.75, 3.05) is 5.75 Å². The molecule has 0 saturated carbocycles. The van der Waals surface area contributed by atoms with Crippen LogP contribution >= 0.6 is 35.0 Å². The number of nitro groups is 1. The van der Waals surface area contributed by atoms with Crippen LogP contribution in [0.5, 0.6) is 0 Å². The molecule has 3 aromatic carbocycles. The predicted molar refractivity (Wildman–Crippen MR) is 141 cm³/mol. The quantitative estimate of drug-likeness (QED) is 0.132. The molecule has 0 aliphatic heterocycles. The number of aromatic nitrogens is 3. The second kappa shape index (κ2) is 11.3. The minimum Gasteiger partial charge on any atom is -0.272 e. The summed E-state index contributed by atoms with van der Waals surface area (Å²) in [6.45, 7) is 2.00. The van der Waals surface area contributed by atoms with Crippen molar-refractivity contribution in [1.82, 2.24) is 20.2 Å². The van der Waals surface area contributed by atoms with Crippen LogP contribution in [0.15, 0.2) is 77.0 Å². The van der Waals surface area contributed by atoms with Crippen LogP contribution in [0.25, 0.3) is 17.1 Å². The molecule has 0 aliphatic rings. The number of amides is 1. The van der Waals surface area contributed by atoms with Crippen LogP contribution in [0.1, 0.15) is 11.1 Å². The molecule has 1 heterocycles. The van der Waals surface area contributed by atoms with Crippen LogP contribution in [-0.2, 0) is 4.79 Å². The summed E-state index contributed by atoms with van der Waals surface area (Å²) in [6.07, 6.45) is 1.25. The number of hydrazone groups is 1. The molecule has 1 aromatic heterocycles. The van der Waals surface area contributed by atoms with Crippen molar-refractivity contribution in [3.63, 3.8) is 0 Å². The van der Waals surface area contributed by atoms with Crippen molar-refractivity contribution >= 4 is 52.8 Å². The molecule has 182 valence electrons. The van der Waals surface area contributed by atoms with Crippen molar-refractivity contribution < 1.29 is 9.72 Å². The van der Waals surface area contributed by atoms with E-state index in [2.05, 4.69) is 20.7 Å². The van der Waals surface area contributed by atoms with Gasteiger partial charge in [-0.3, -0.25) is 19.5 Å². The average Bonchev–Trinajstić information content (AvgIpc) is 3.28. The smallest absolute Gasteiger partial charge is 0.270 e. The summed E-state index contributed by atoms with van der Waals surface area (Å²) in [4.78, 5) is 22.8. The predicted octanol–water partition coefficient (Wildman–Crippen LogP) is 5.70. The van der Waals surface area contributed by atoms with Crippen molar-refractivity contribution in [3.8, 4) is 17.1 Å². The number of nitrogens with zero attached hydrogens (tertiary/aromatic N) is 5. The Labute approximate surface area is 220 Å². The first-order valence-electron chi connectivity index (χ1n) is 10.5. The summed E-state index contributed by atoms with van der Waals surface area (Å²) in [5.74, 6) is 0.221. The van der Waals surface area contributed by atoms with Gasteiger partial charge in [0.1, 0.15) is 0 Å². The molecule has 4 aromatic rings. The molecule has 0 fully saturated rings. The molecule has 0 saturated heterocycles. The number of aryl methyl sites for hydroxylation is 1. The third kappa shape index (κ3) is 6.09. The minimum atomic E-state index is -0.537. The molecule has 0 unspecified atom stereocenters. The van der Waals surface area contributed by atoms with E-state index in [0.717, 1.165) is 16.8 Å². The highest BCUT2D eigenvalue weighted by Gasteiger charge is 2.17. The molecule has 0 spiro atoms. The van der Waals surface area contributed by atoms with E-state index in [1.165, 1.54) is 36.2 Å². The normalized spacial score (nSPS) is 11.1. The standard InChI is InChI=1S/C24H18Cl2N6O3S/c1-15-2-4-16(5-3-15)23-29-30-24(31(23)19-8-6-18(25)7-9-19)36-14-22(33)28-27-13-17-12-20(32(34)35)10-11-21(17)26/h2-13H,14H2,1H3,(H,28,33)/b27-13+. The first-order chi connectivity index (χ1) is 17.3. The van der Waals surface area contributed by atoms with Crippen LogP contribution in [-0.4, -0.2) is 37.6 Å². The van der Waals surface area contributed by atoms with Gasteiger partial charge in [-0.1, -0.05) is 64.8 Å². The number of nitrogens with one attached hydrogen (secondary N) is 1. The van der Waals surface area contributed by atoms with Gasteiger partial charge in [0.05, 0.1) is 16.9 Å². The van der Waals surface area contributed by atoms with Gasteiger partial charge in [-0.2, -0.15) is 5.10 Å². The molecule has 36 heavy (non-hydrogen) atoms. The van der Waals surface area contributed by atoms with E-state index in [1.54, 1.807) is 12.1 Å². The number of hydrogen-bond acceptors (Lipinski definition) is 7. The zero-order valence-electron chi connectivity index (χ0n) is 18.8. The molecule has 12 heteroatoms. The number of non-ortho nitro benzene ring substituents is 1. The van der Waals surface area contributed by atoms with Crippen LogP contribution in [0.4, 0.5) is 5.69 Å². The van der Waals surface area contributed by atoms with E-state index in [-0.39, 0.29) is 16.5 Å². The molecule has 1 N–H and O–H groups in total. The monoisotopic (exact) mass is 540 g/mol. The Balaban J connectivity index is 1.50. The third-order valence-corrected chi connectivity index (χ3v) is 6.47. The SMILES string of the molecule is Cc1ccc(-c2nnc(SCC(=O)N/N=C/c3cc([N+](=O)[O-])ccc3Cl)n2-c2ccc(Cl)cc2)cc1. The van der Waals surface area contributed by atoms with Gasteiger partial charge < -0.3 is 0 Å². The number of benzene rings is 3. The molecule has 9 nitrogen and oxygen atoms in total. The molecule has 0 atom stereocenters. The third-order valence-electron chi connectivity index (χ3n) is 4.94. The zero-order chi connectivity index (χ0) is 25.7. The maximum atomic E-state index is 12.4. The summed E-state index contributed by atoms with van der Waals surface area (Å²) in [7, 11) is 0. The van der Waals surface area contributed by atoms with Crippen molar-refractivity contribution in [3.05, 3.63) is 98.0 Å². The van der Waals surface area contributed by atoms with E-state index >= 15 is 0 Å². The Hall–Kier alpha value is -3.73. The fourth-order valence-corrected chi connectivity index (χ4v) is 4.19. The molecule has 4 rings (SSSR count). The molecule has 0 aliphatic carbocycles. The van der Waals surface area contributed by atoms with Crippen molar-refractivity contribution in [2.45, 2.75) is 12.1 Å². The van der Waals surface area contributed by atoms with Gasteiger partial charge in [0.15, 0.2) is 11.0 Å². The Kier molecular flexibility index (Phi) is 7.99. The Morgan fingerprint density at radius 1 is 1.11 bits per heavy atom. The Bertz CT molecular complexity index is 1440. The summed E-state index contributed by atoms with van der Waals surface area (Å²) in [6, 6.07) is 19.1. The maximum absolute atomic E-state index is 12.4. The van der Waals surface area contributed by atoms with Gasteiger partial charge in [0, 0.05) is 39.0 Å². The first-order valence-corrected chi connectivity index (χ1v) is 12.2. The van der Waals surface area contributed by atoms with Crippen LogP contribution in [0, 0.1) is 17.0 Å². The van der Waals surface area contributed by atoms with E-state index in [9.17, 15) is 14.9 Å². The molecular weight excluding hydrogens is 523 g/mol. The van der Waals surface area contributed by atoms with E-state index in [0.29, 0.717) is 21.6 Å². The first kappa shape index (κ1) is 25.4.